The Morgan fingerprint density at radius 3 is 1.72 bits per heavy atom. The van der Waals surface area contributed by atoms with Crippen molar-refractivity contribution in [2.45, 2.75) is 11.8 Å². The molecule has 32 heavy (non-hydrogen) atoms. The fourth-order valence-electron chi connectivity index (χ4n) is 2.03. The van der Waals surface area contributed by atoms with Crippen LogP contribution in [0.1, 0.15) is 48.4 Å². The van der Waals surface area contributed by atoms with Gasteiger partial charge in [0.25, 0.3) is 10.1 Å². The monoisotopic (exact) mass is 484 g/mol. The second-order valence-corrected chi connectivity index (χ2v) is 6.92. The Hall–Kier alpha value is -1.77. The minimum Gasteiger partial charge on any atom is -0.545 e. The average Bonchev–Trinajstić information content (AvgIpc) is 2.67. The van der Waals surface area contributed by atoms with Gasteiger partial charge in [-0.05, 0) is 36.8 Å². The van der Waals surface area contributed by atoms with Crippen LogP contribution in [0.4, 0.5) is 0 Å². The quantitative estimate of drug-likeness (QED) is 0.280. The normalized spacial score (nSPS) is 9.78. The molecule has 0 fully saturated rings. The third-order valence-corrected chi connectivity index (χ3v) is 4.76. The molecule has 2 N–H and O–H groups in total. The molecule has 2 aromatic rings. The molecule has 160 valence electrons. The number of aromatic carboxylic acids is 4. The Kier molecular flexibility index (Phi) is 14.6. The van der Waals surface area contributed by atoms with Crippen LogP contribution >= 0.6 is 0 Å². The predicted octanol–water partition coefficient (Wildman–Crippen LogP) is -6.77. The second kappa shape index (κ2) is 14.4. The second-order valence-electron chi connectivity index (χ2n) is 5.34. The number of carboxylic acids is 4. The van der Waals surface area contributed by atoms with E-state index in [0.29, 0.717) is 6.07 Å². The van der Waals surface area contributed by atoms with Crippen LogP contribution in [0, 0.1) is 0 Å². The summed E-state index contributed by atoms with van der Waals surface area (Å²) in [5, 5.41) is 38.4. The number of carboxylic acid groups (broad SMARTS) is 4. The molecule has 2 rings (SSSR count). The molecule has 0 unspecified atom stereocenters. The average molecular weight is 484 g/mol. The third kappa shape index (κ3) is 9.38. The van der Waals surface area contributed by atoms with E-state index in [9.17, 15) is 37.8 Å². The van der Waals surface area contributed by atoms with Gasteiger partial charge < -0.3 is 30.0 Å². The van der Waals surface area contributed by atoms with Crippen LogP contribution in [0.15, 0.2) is 47.4 Å². The van der Waals surface area contributed by atoms with Crippen LogP contribution in [0.25, 0.3) is 0 Å². The summed E-state index contributed by atoms with van der Waals surface area (Å²) in [4.78, 5) is 41.4. The first kappa shape index (κ1) is 32.4. The molecule has 0 radical (unpaired) electrons. The summed E-state index contributed by atoms with van der Waals surface area (Å²) in [5.74, 6) is -5.64. The van der Waals surface area contributed by atoms with Crippen LogP contribution in [0.2, 0.25) is 0 Å². The Labute approximate surface area is 226 Å². The molecular formula is C18H14Na2O11S. The summed E-state index contributed by atoms with van der Waals surface area (Å²) in [6.07, 6.45) is 0. The zero-order chi connectivity index (χ0) is 23.1. The number of hydrogen-bond donors (Lipinski definition) is 2. The van der Waals surface area contributed by atoms with Gasteiger partial charge in [-0.25, -0.2) is 9.59 Å². The molecule has 0 saturated heterocycles. The van der Waals surface area contributed by atoms with Crippen molar-refractivity contribution in [1.29, 1.82) is 0 Å². The topological polar surface area (TPSA) is 198 Å². The van der Waals surface area contributed by atoms with Crippen LogP contribution < -0.4 is 69.3 Å². The van der Waals surface area contributed by atoms with Crippen LogP contribution in [-0.4, -0.2) is 49.1 Å². The van der Waals surface area contributed by atoms with Gasteiger partial charge in [-0.1, -0.05) is 18.2 Å². The van der Waals surface area contributed by atoms with Crippen molar-refractivity contribution >= 4 is 34.0 Å². The van der Waals surface area contributed by atoms with Crippen molar-refractivity contribution < 1.29 is 111 Å². The molecule has 0 aliphatic heterocycles. The zero-order valence-corrected chi connectivity index (χ0v) is 22.0. The Bertz CT molecular complexity index is 1070. The fraction of sp³-hybridized carbons (Fsp3) is 0.111. The number of carbonyl (C=O) groups excluding carboxylic acids is 2. The Morgan fingerprint density at radius 2 is 1.34 bits per heavy atom. The SMILES string of the molecule is CCOS(=O)(=O)c1cc(C(=O)[O-])ccc1C(=O)[O-].O=C(O)c1cccc(C(=O)O)c1.[Na+].[Na+]. The molecule has 11 nitrogen and oxygen atoms in total. The van der Waals surface area contributed by atoms with E-state index < -0.39 is 50.0 Å². The van der Waals surface area contributed by atoms with Gasteiger partial charge >= 0.3 is 71.1 Å². The summed E-state index contributed by atoms with van der Waals surface area (Å²) >= 11 is 0. The summed E-state index contributed by atoms with van der Waals surface area (Å²) in [6, 6.07) is 7.57. The van der Waals surface area contributed by atoms with Gasteiger partial charge in [0.1, 0.15) is 4.90 Å². The first-order valence-electron chi connectivity index (χ1n) is 7.93. The van der Waals surface area contributed by atoms with Crippen LogP contribution in [0.3, 0.4) is 0 Å². The van der Waals surface area contributed by atoms with Gasteiger partial charge in [0.2, 0.25) is 0 Å². The molecule has 0 saturated carbocycles. The van der Waals surface area contributed by atoms with Crippen LogP contribution in [0.5, 0.6) is 0 Å². The molecule has 14 heteroatoms. The maximum absolute atomic E-state index is 11.6. The van der Waals surface area contributed by atoms with E-state index >= 15 is 0 Å². The fourth-order valence-corrected chi connectivity index (χ4v) is 3.16. The van der Waals surface area contributed by atoms with Gasteiger partial charge in [-0.2, -0.15) is 8.42 Å². The molecule has 0 aliphatic rings. The molecule has 0 atom stereocenters. The van der Waals surface area contributed by atoms with Crippen molar-refractivity contribution in [2.24, 2.45) is 0 Å². The van der Waals surface area contributed by atoms with E-state index in [1.165, 1.54) is 25.1 Å². The number of rotatable bonds is 7. The maximum Gasteiger partial charge on any atom is 1.00 e. The predicted molar refractivity (Wildman–Crippen MR) is 94.3 cm³/mol. The molecule has 0 aromatic heterocycles. The first-order chi connectivity index (χ1) is 13.9. The Balaban J connectivity index is 0. The van der Waals surface area contributed by atoms with E-state index in [-0.39, 0.29) is 76.8 Å². The minimum absolute atomic E-state index is 0. The van der Waals surface area contributed by atoms with Gasteiger partial charge in [0.05, 0.1) is 29.7 Å². The molecule has 2 aromatic carbocycles. The minimum atomic E-state index is -4.35. The summed E-state index contributed by atoms with van der Waals surface area (Å²) in [6.45, 7) is 1.17. The maximum atomic E-state index is 11.6. The number of carbonyl (C=O) groups is 4. The van der Waals surface area contributed by atoms with E-state index in [0.717, 1.165) is 18.2 Å². The van der Waals surface area contributed by atoms with E-state index in [1.54, 1.807) is 0 Å². The first-order valence-corrected chi connectivity index (χ1v) is 9.34. The molecule has 0 spiro atoms. The summed E-state index contributed by atoms with van der Waals surface area (Å²) < 4.78 is 27.6. The van der Waals surface area contributed by atoms with Crippen molar-refractivity contribution in [3.63, 3.8) is 0 Å². The molecule has 0 aliphatic carbocycles. The molecule has 0 bridgehead atoms. The van der Waals surface area contributed by atoms with E-state index in [4.69, 9.17) is 10.2 Å². The van der Waals surface area contributed by atoms with Gasteiger partial charge in [-0.15, -0.1) is 0 Å². The molecule has 0 heterocycles. The summed E-state index contributed by atoms with van der Waals surface area (Å²) in [5.41, 5.74) is -1.18. The van der Waals surface area contributed by atoms with Crippen molar-refractivity contribution in [2.75, 3.05) is 6.61 Å². The Morgan fingerprint density at radius 1 is 0.844 bits per heavy atom. The molecular weight excluding hydrogens is 470 g/mol. The third-order valence-electron chi connectivity index (χ3n) is 3.34. The number of hydrogen-bond acceptors (Lipinski definition) is 9. The standard InChI is InChI=1S/C10H10O7S.C8H6O4.2Na/c1-2-17-18(15,16)8-5-6(9(11)12)3-4-7(8)10(13)14;9-7(10)5-2-1-3-6(4-5)8(11)12;;/h3-5H,2H2,1H3,(H,11,12)(H,13,14);1-4H,(H,9,10)(H,11,12);;/q;;2*+1/p-2. The largest absolute Gasteiger partial charge is 1.00 e. The van der Waals surface area contributed by atoms with Crippen LogP contribution in [-0.2, 0) is 14.3 Å². The molecule has 0 amide bonds. The van der Waals surface area contributed by atoms with Gasteiger partial charge in [0.15, 0.2) is 0 Å². The van der Waals surface area contributed by atoms with Gasteiger partial charge in [-0.3, -0.25) is 4.18 Å². The van der Waals surface area contributed by atoms with E-state index in [1.807, 2.05) is 0 Å². The summed E-state index contributed by atoms with van der Waals surface area (Å²) in [7, 11) is -4.35. The van der Waals surface area contributed by atoms with Gasteiger partial charge in [0, 0.05) is 5.56 Å². The van der Waals surface area contributed by atoms with Crippen molar-refractivity contribution in [3.8, 4) is 0 Å². The van der Waals surface area contributed by atoms with Crippen molar-refractivity contribution in [3.05, 3.63) is 64.7 Å². The smallest absolute Gasteiger partial charge is 0.545 e. The van der Waals surface area contributed by atoms with Crippen molar-refractivity contribution in [1.82, 2.24) is 0 Å². The zero-order valence-electron chi connectivity index (χ0n) is 17.2. The number of benzene rings is 2. The van der Waals surface area contributed by atoms with E-state index in [2.05, 4.69) is 4.18 Å².